The van der Waals surface area contributed by atoms with Gasteiger partial charge in [-0.3, -0.25) is 4.79 Å². The number of carbonyl (C=O) groups is 1. The van der Waals surface area contributed by atoms with Crippen LogP contribution in [0.3, 0.4) is 0 Å². The molecule has 1 aromatic carbocycles. The molecule has 162 valence electrons. The molecule has 0 aliphatic carbocycles. The van der Waals surface area contributed by atoms with E-state index in [9.17, 15) is 9.18 Å². The number of hydrogen-bond donors (Lipinski definition) is 2. The molecule has 1 amide bonds. The Kier molecular flexibility index (Phi) is 6.43. The fraction of sp³-hybridized carbons (Fsp3) is 0.333. The third-order valence-electron chi connectivity index (χ3n) is 4.84. The Morgan fingerprint density at radius 3 is 2.84 bits per heavy atom. The number of aryl methyl sites for hydroxylation is 1. The minimum Gasteiger partial charge on any atom is -0.440 e. The molecule has 31 heavy (non-hydrogen) atoms. The van der Waals surface area contributed by atoms with Gasteiger partial charge in [0.25, 0.3) is 5.89 Å². The van der Waals surface area contributed by atoms with E-state index < -0.39 is 11.7 Å². The highest BCUT2D eigenvalue weighted by molar-refractivity contribution is 6.30. The summed E-state index contributed by atoms with van der Waals surface area (Å²) >= 11 is 5.84. The molecule has 4 rings (SSSR count). The molecule has 2 aromatic heterocycles. The minimum atomic E-state index is -0.529. The molecule has 10 heteroatoms. The van der Waals surface area contributed by atoms with Crippen LogP contribution in [0.2, 0.25) is 5.02 Å². The first-order valence-electron chi connectivity index (χ1n) is 9.85. The number of aromatic nitrogens is 3. The van der Waals surface area contributed by atoms with Gasteiger partial charge in [-0.05, 0) is 49.1 Å². The van der Waals surface area contributed by atoms with Gasteiger partial charge in [-0.1, -0.05) is 11.6 Å². The van der Waals surface area contributed by atoms with Gasteiger partial charge in [-0.15, -0.1) is 0 Å². The lowest BCUT2D eigenvalue weighted by molar-refractivity contribution is 0.0902. The zero-order valence-electron chi connectivity index (χ0n) is 16.8. The van der Waals surface area contributed by atoms with Crippen molar-refractivity contribution in [3.8, 4) is 11.4 Å². The highest BCUT2D eigenvalue weighted by Gasteiger charge is 2.19. The summed E-state index contributed by atoms with van der Waals surface area (Å²) in [6.45, 7) is 3.36. The first-order valence-corrected chi connectivity index (χ1v) is 10.2. The number of benzene rings is 1. The predicted octanol–water partition coefficient (Wildman–Crippen LogP) is 3.75. The molecular weight excluding hydrogens is 425 g/mol. The number of oxazole rings is 1. The number of rotatable bonds is 6. The third-order valence-corrected chi connectivity index (χ3v) is 5.06. The van der Waals surface area contributed by atoms with E-state index in [1.165, 1.54) is 18.4 Å². The van der Waals surface area contributed by atoms with E-state index in [1.54, 1.807) is 12.3 Å². The molecule has 0 unspecified atom stereocenters. The molecule has 1 saturated heterocycles. The van der Waals surface area contributed by atoms with E-state index in [0.717, 1.165) is 18.4 Å². The summed E-state index contributed by atoms with van der Waals surface area (Å²) in [5.41, 5.74) is 2.32. The topological polar surface area (TPSA) is 102 Å². The van der Waals surface area contributed by atoms with Crippen LogP contribution >= 0.6 is 11.6 Å². The number of amides is 1. The predicted molar refractivity (Wildman–Crippen MR) is 112 cm³/mol. The Morgan fingerprint density at radius 2 is 2.06 bits per heavy atom. The molecule has 0 bridgehead atoms. The standard InChI is InChI=1S/C21H21ClFN5O3/c1-12-9-25-21(26-16-2-4-30-5-3-16)28-18(12)17-11-31-20(27-17)19(29)24-10-13-6-14(22)8-15(23)7-13/h6-9,11,16H,2-5,10H2,1H3,(H,24,29)(H,25,26,28). The van der Waals surface area contributed by atoms with E-state index in [1.807, 2.05) is 6.92 Å². The van der Waals surface area contributed by atoms with Gasteiger partial charge in [0.05, 0.1) is 0 Å². The van der Waals surface area contributed by atoms with Gasteiger partial charge in [0.15, 0.2) is 0 Å². The maximum atomic E-state index is 13.4. The van der Waals surface area contributed by atoms with Crippen molar-refractivity contribution in [1.29, 1.82) is 0 Å². The maximum Gasteiger partial charge on any atom is 0.307 e. The molecule has 1 aliphatic heterocycles. The van der Waals surface area contributed by atoms with Gasteiger partial charge in [0.2, 0.25) is 5.95 Å². The van der Waals surface area contributed by atoms with Crippen molar-refractivity contribution in [1.82, 2.24) is 20.3 Å². The SMILES string of the molecule is Cc1cnc(NC2CCOCC2)nc1-c1coc(C(=O)NCc2cc(F)cc(Cl)c2)n1. The smallest absolute Gasteiger partial charge is 0.307 e. The Bertz CT molecular complexity index is 1060. The Labute approximate surface area is 183 Å². The van der Waals surface area contributed by atoms with E-state index in [2.05, 4.69) is 25.6 Å². The highest BCUT2D eigenvalue weighted by Crippen LogP contribution is 2.22. The molecule has 1 fully saturated rings. The molecule has 3 aromatic rings. The summed E-state index contributed by atoms with van der Waals surface area (Å²) in [5, 5.41) is 6.21. The highest BCUT2D eigenvalue weighted by atomic mass is 35.5. The fourth-order valence-electron chi connectivity index (χ4n) is 3.25. The van der Waals surface area contributed by atoms with Crippen LogP contribution in [0.15, 0.2) is 35.1 Å². The van der Waals surface area contributed by atoms with Crippen LogP contribution in [0.4, 0.5) is 10.3 Å². The molecule has 0 atom stereocenters. The number of carbonyl (C=O) groups excluding carboxylic acids is 1. The average Bonchev–Trinajstić information content (AvgIpc) is 3.24. The van der Waals surface area contributed by atoms with Gasteiger partial charge < -0.3 is 19.8 Å². The third kappa shape index (κ3) is 5.36. The fourth-order valence-corrected chi connectivity index (χ4v) is 3.50. The lowest BCUT2D eigenvalue weighted by Gasteiger charge is -2.23. The zero-order chi connectivity index (χ0) is 21.8. The molecule has 3 heterocycles. The van der Waals surface area contributed by atoms with Crippen LogP contribution in [-0.2, 0) is 11.3 Å². The van der Waals surface area contributed by atoms with Crippen LogP contribution < -0.4 is 10.6 Å². The zero-order valence-corrected chi connectivity index (χ0v) is 17.6. The first-order chi connectivity index (χ1) is 15.0. The number of anilines is 1. The molecule has 0 saturated carbocycles. The average molecular weight is 446 g/mol. The second-order valence-electron chi connectivity index (χ2n) is 7.25. The summed E-state index contributed by atoms with van der Waals surface area (Å²) in [4.78, 5) is 25.5. The summed E-state index contributed by atoms with van der Waals surface area (Å²) < 4.78 is 24.1. The van der Waals surface area contributed by atoms with E-state index in [4.69, 9.17) is 20.8 Å². The van der Waals surface area contributed by atoms with Gasteiger partial charge in [-0.2, -0.15) is 0 Å². The number of nitrogens with zero attached hydrogens (tertiary/aromatic N) is 3. The summed E-state index contributed by atoms with van der Waals surface area (Å²) in [7, 11) is 0. The van der Waals surface area contributed by atoms with Gasteiger partial charge in [0.1, 0.15) is 23.5 Å². The number of halogens is 2. The van der Waals surface area contributed by atoms with Crippen molar-refractivity contribution in [2.45, 2.75) is 32.4 Å². The number of nitrogens with one attached hydrogen (secondary N) is 2. The van der Waals surface area contributed by atoms with Gasteiger partial charge in [0, 0.05) is 37.0 Å². The quantitative estimate of drug-likeness (QED) is 0.595. The number of ether oxygens (including phenoxy) is 1. The lowest BCUT2D eigenvalue weighted by Crippen LogP contribution is -2.28. The maximum absolute atomic E-state index is 13.4. The first kappa shape index (κ1) is 21.2. The second-order valence-corrected chi connectivity index (χ2v) is 7.69. The summed E-state index contributed by atoms with van der Waals surface area (Å²) in [5.74, 6) is -0.627. The van der Waals surface area contributed by atoms with Crippen molar-refractivity contribution >= 4 is 23.5 Å². The van der Waals surface area contributed by atoms with Crippen LogP contribution in [0.25, 0.3) is 11.4 Å². The summed E-state index contributed by atoms with van der Waals surface area (Å²) in [6, 6.07) is 4.31. The van der Waals surface area contributed by atoms with Crippen LogP contribution in [0.5, 0.6) is 0 Å². The van der Waals surface area contributed by atoms with Crippen LogP contribution in [0.1, 0.15) is 34.7 Å². The van der Waals surface area contributed by atoms with E-state index in [-0.39, 0.29) is 23.5 Å². The van der Waals surface area contributed by atoms with Gasteiger partial charge >= 0.3 is 5.91 Å². The lowest BCUT2D eigenvalue weighted by atomic mass is 10.1. The molecule has 0 radical (unpaired) electrons. The van der Waals surface area contributed by atoms with Crippen molar-refractivity contribution in [3.05, 3.63) is 58.5 Å². The monoisotopic (exact) mass is 445 g/mol. The molecule has 0 spiro atoms. The molecule has 8 nitrogen and oxygen atoms in total. The normalized spacial score (nSPS) is 14.4. The minimum absolute atomic E-state index is 0.0831. The second kappa shape index (κ2) is 9.40. The molecular formula is C21H21ClFN5O3. The molecule has 2 N–H and O–H groups in total. The van der Waals surface area contributed by atoms with Crippen LogP contribution in [0, 0.1) is 12.7 Å². The Morgan fingerprint density at radius 1 is 1.26 bits per heavy atom. The summed E-state index contributed by atoms with van der Waals surface area (Å²) in [6.07, 6.45) is 4.85. The van der Waals surface area contributed by atoms with E-state index >= 15 is 0 Å². The van der Waals surface area contributed by atoms with Crippen LogP contribution in [-0.4, -0.2) is 40.1 Å². The van der Waals surface area contributed by atoms with E-state index in [0.29, 0.717) is 36.1 Å². The van der Waals surface area contributed by atoms with Crippen molar-refractivity contribution in [2.24, 2.45) is 0 Å². The Balaban J connectivity index is 1.44. The van der Waals surface area contributed by atoms with Crippen molar-refractivity contribution in [3.63, 3.8) is 0 Å². The van der Waals surface area contributed by atoms with Crippen molar-refractivity contribution < 1.29 is 18.3 Å². The molecule has 1 aliphatic rings. The largest absolute Gasteiger partial charge is 0.440 e. The number of hydrogen-bond acceptors (Lipinski definition) is 7. The van der Waals surface area contributed by atoms with Gasteiger partial charge in [-0.25, -0.2) is 19.3 Å². The Hall–Kier alpha value is -3.04. The van der Waals surface area contributed by atoms with Crippen molar-refractivity contribution in [2.75, 3.05) is 18.5 Å².